The highest BCUT2D eigenvalue weighted by Crippen LogP contribution is 2.19. The third-order valence-corrected chi connectivity index (χ3v) is 3.23. The average Bonchev–Trinajstić information content (AvgIpc) is 2.30. The molecule has 1 N–H and O–H groups in total. The minimum atomic E-state index is 0.410. The molecule has 0 aliphatic carbocycles. The highest BCUT2D eigenvalue weighted by atomic mass is 14.9. The van der Waals surface area contributed by atoms with Gasteiger partial charge in [-0.3, -0.25) is 0 Å². The molecular weight excluding hydrogens is 218 g/mol. The zero-order valence-corrected chi connectivity index (χ0v) is 12.6. The topological polar surface area (TPSA) is 12.0 Å². The van der Waals surface area contributed by atoms with Crippen LogP contribution in [0.15, 0.2) is 24.3 Å². The van der Waals surface area contributed by atoms with Crippen LogP contribution in [0.3, 0.4) is 0 Å². The van der Waals surface area contributed by atoms with Crippen LogP contribution in [0.4, 0.5) is 5.69 Å². The number of aryl methyl sites for hydroxylation is 1. The average molecular weight is 247 g/mol. The second-order valence-electron chi connectivity index (χ2n) is 6.39. The molecule has 0 heterocycles. The van der Waals surface area contributed by atoms with Crippen LogP contribution in [0.2, 0.25) is 0 Å². The SMILES string of the molecule is CCCCCc1ccc(NCCC(C)(C)C)cc1. The second-order valence-corrected chi connectivity index (χ2v) is 6.39. The summed E-state index contributed by atoms with van der Waals surface area (Å²) in [6, 6.07) is 8.94. The highest BCUT2D eigenvalue weighted by Gasteiger charge is 2.08. The molecule has 0 aliphatic heterocycles. The summed E-state index contributed by atoms with van der Waals surface area (Å²) in [6.07, 6.45) is 6.37. The van der Waals surface area contributed by atoms with Crippen LogP contribution in [-0.4, -0.2) is 6.54 Å². The molecule has 0 radical (unpaired) electrons. The lowest BCUT2D eigenvalue weighted by atomic mass is 9.92. The normalized spacial score (nSPS) is 11.6. The van der Waals surface area contributed by atoms with Gasteiger partial charge in [-0.15, -0.1) is 0 Å². The van der Waals surface area contributed by atoms with Crippen molar-refractivity contribution in [3.8, 4) is 0 Å². The van der Waals surface area contributed by atoms with Crippen molar-refractivity contribution in [3.05, 3.63) is 29.8 Å². The lowest BCUT2D eigenvalue weighted by Gasteiger charge is -2.18. The van der Waals surface area contributed by atoms with E-state index in [1.807, 2.05) is 0 Å². The molecule has 1 nitrogen and oxygen atoms in total. The van der Waals surface area contributed by atoms with Gasteiger partial charge in [0, 0.05) is 12.2 Å². The third-order valence-electron chi connectivity index (χ3n) is 3.23. The van der Waals surface area contributed by atoms with E-state index >= 15 is 0 Å². The lowest BCUT2D eigenvalue weighted by molar-refractivity contribution is 0.390. The minimum Gasteiger partial charge on any atom is -0.385 e. The van der Waals surface area contributed by atoms with Gasteiger partial charge in [0.05, 0.1) is 0 Å². The fourth-order valence-electron chi connectivity index (χ4n) is 1.95. The number of unbranched alkanes of at least 4 members (excludes halogenated alkanes) is 2. The molecule has 1 rings (SSSR count). The molecule has 0 saturated heterocycles. The summed E-state index contributed by atoms with van der Waals surface area (Å²) >= 11 is 0. The highest BCUT2D eigenvalue weighted by molar-refractivity contribution is 5.44. The molecule has 102 valence electrons. The van der Waals surface area contributed by atoms with E-state index in [1.54, 1.807) is 0 Å². The Balaban J connectivity index is 2.31. The summed E-state index contributed by atoms with van der Waals surface area (Å²) in [6.45, 7) is 10.2. The quantitative estimate of drug-likeness (QED) is 0.647. The first-order valence-electron chi connectivity index (χ1n) is 7.34. The number of benzene rings is 1. The number of anilines is 1. The summed E-state index contributed by atoms with van der Waals surface area (Å²) in [5.41, 5.74) is 3.12. The van der Waals surface area contributed by atoms with Crippen LogP contribution >= 0.6 is 0 Å². The van der Waals surface area contributed by atoms with Crippen LogP contribution in [-0.2, 0) is 6.42 Å². The van der Waals surface area contributed by atoms with E-state index in [2.05, 4.69) is 57.3 Å². The van der Waals surface area contributed by atoms with Gasteiger partial charge < -0.3 is 5.32 Å². The molecule has 0 aliphatic rings. The smallest absolute Gasteiger partial charge is 0.0340 e. The molecule has 0 amide bonds. The van der Waals surface area contributed by atoms with E-state index in [4.69, 9.17) is 0 Å². The first-order valence-corrected chi connectivity index (χ1v) is 7.34. The Morgan fingerprint density at radius 3 is 2.22 bits per heavy atom. The zero-order valence-electron chi connectivity index (χ0n) is 12.6. The predicted octanol–water partition coefficient (Wildman–Crippen LogP) is 5.27. The molecule has 0 saturated carbocycles. The van der Waals surface area contributed by atoms with Gasteiger partial charge in [0.1, 0.15) is 0 Å². The molecule has 0 bridgehead atoms. The van der Waals surface area contributed by atoms with Gasteiger partial charge in [-0.25, -0.2) is 0 Å². The Morgan fingerprint density at radius 2 is 1.67 bits per heavy atom. The van der Waals surface area contributed by atoms with Crippen LogP contribution in [0, 0.1) is 5.41 Å². The molecule has 0 spiro atoms. The van der Waals surface area contributed by atoms with Gasteiger partial charge in [0.2, 0.25) is 0 Å². The van der Waals surface area contributed by atoms with Crippen molar-refractivity contribution >= 4 is 5.69 Å². The molecule has 1 aromatic carbocycles. The van der Waals surface area contributed by atoms with Gasteiger partial charge in [0.15, 0.2) is 0 Å². The van der Waals surface area contributed by atoms with Crippen molar-refractivity contribution in [2.24, 2.45) is 5.41 Å². The molecule has 0 aromatic heterocycles. The fraction of sp³-hybridized carbons (Fsp3) is 0.647. The Kier molecular flexibility index (Phi) is 6.24. The van der Waals surface area contributed by atoms with Gasteiger partial charge in [-0.2, -0.15) is 0 Å². The molecule has 0 unspecified atom stereocenters. The Bertz CT molecular complexity index is 318. The fourth-order valence-corrected chi connectivity index (χ4v) is 1.95. The number of rotatable bonds is 7. The van der Waals surface area contributed by atoms with Gasteiger partial charge in [0.25, 0.3) is 0 Å². The summed E-state index contributed by atoms with van der Waals surface area (Å²) in [5.74, 6) is 0. The second kappa shape index (κ2) is 7.45. The summed E-state index contributed by atoms with van der Waals surface area (Å²) in [5, 5.41) is 3.50. The van der Waals surface area contributed by atoms with E-state index in [1.165, 1.54) is 43.4 Å². The monoisotopic (exact) mass is 247 g/mol. The van der Waals surface area contributed by atoms with Gasteiger partial charge >= 0.3 is 0 Å². The van der Waals surface area contributed by atoms with E-state index in [0.29, 0.717) is 5.41 Å². The van der Waals surface area contributed by atoms with Crippen molar-refractivity contribution in [2.45, 2.75) is 59.8 Å². The number of nitrogens with one attached hydrogen (secondary N) is 1. The lowest BCUT2D eigenvalue weighted by Crippen LogP contribution is -2.12. The third kappa shape index (κ3) is 6.68. The zero-order chi connectivity index (χ0) is 13.4. The Hall–Kier alpha value is -0.980. The predicted molar refractivity (Wildman–Crippen MR) is 82.2 cm³/mol. The maximum Gasteiger partial charge on any atom is 0.0340 e. The van der Waals surface area contributed by atoms with Crippen molar-refractivity contribution < 1.29 is 0 Å². The Morgan fingerprint density at radius 1 is 1.00 bits per heavy atom. The molecule has 0 fully saturated rings. The summed E-state index contributed by atoms with van der Waals surface area (Å²) in [4.78, 5) is 0. The van der Waals surface area contributed by atoms with E-state index in [0.717, 1.165) is 6.54 Å². The van der Waals surface area contributed by atoms with Crippen LogP contribution in [0.25, 0.3) is 0 Å². The largest absolute Gasteiger partial charge is 0.385 e. The van der Waals surface area contributed by atoms with Crippen molar-refractivity contribution in [1.29, 1.82) is 0 Å². The molecular formula is C17H29N. The molecule has 0 atom stereocenters. The van der Waals surface area contributed by atoms with Gasteiger partial charge in [-0.05, 0) is 42.4 Å². The van der Waals surface area contributed by atoms with E-state index in [9.17, 15) is 0 Å². The maximum atomic E-state index is 3.50. The van der Waals surface area contributed by atoms with Crippen LogP contribution in [0.1, 0.15) is 58.9 Å². The molecule has 18 heavy (non-hydrogen) atoms. The van der Waals surface area contributed by atoms with E-state index < -0.39 is 0 Å². The standard InChI is InChI=1S/C17H29N/c1-5-6-7-8-15-9-11-16(12-10-15)18-14-13-17(2,3)4/h9-12,18H,5-8,13-14H2,1-4H3. The maximum absolute atomic E-state index is 3.50. The van der Waals surface area contributed by atoms with Crippen LogP contribution < -0.4 is 5.32 Å². The summed E-state index contributed by atoms with van der Waals surface area (Å²) < 4.78 is 0. The van der Waals surface area contributed by atoms with E-state index in [-0.39, 0.29) is 0 Å². The van der Waals surface area contributed by atoms with Crippen LogP contribution in [0.5, 0.6) is 0 Å². The Labute approximate surface area is 113 Å². The minimum absolute atomic E-state index is 0.410. The molecule has 1 aromatic rings. The summed E-state index contributed by atoms with van der Waals surface area (Å²) in [7, 11) is 0. The number of hydrogen-bond acceptors (Lipinski definition) is 1. The first-order chi connectivity index (χ1) is 8.51. The number of hydrogen-bond donors (Lipinski definition) is 1. The van der Waals surface area contributed by atoms with Crippen molar-refractivity contribution in [1.82, 2.24) is 0 Å². The first kappa shape index (κ1) is 15.1. The van der Waals surface area contributed by atoms with Crippen molar-refractivity contribution in [3.63, 3.8) is 0 Å². The molecule has 1 heteroatoms. The van der Waals surface area contributed by atoms with Gasteiger partial charge in [-0.1, -0.05) is 52.7 Å². The van der Waals surface area contributed by atoms with Crippen molar-refractivity contribution in [2.75, 3.05) is 11.9 Å².